The van der Waals surface area contributed by atoms with Crippen LogP contribution in [0.5, 0.6) is 5.75 Å². The van der Waals surface area contributed by atoms with Gasteiger partial charge in [-0.3, -0.25) is 4.98 Å². The molecule has 1 aromatic rings. The van der Waals surface area contributed by atoms with Gasteiger partial charge in [0.25, 0.3) is 0 Å². The lowest BCUT2D eigenvalue weighted by atomic mass is 10.1. The molecule has 0 aliphatic rings. The van der Waals surface area contributed by atoms with Crippen LogP contribution < -0.4 is 10.5 Å². The highest BCUT2D eigenvalue weighted by Crippen LogP contribution is 2.14. The quantitative estimate of drug-likeness (QED) is 0.706. The van der Waals surface area contributed by atoms with Gasteiger partial charge in [-0.1, -0.05) is 13.8 Å². The van der Waals surface area contributed by atoms with E-state index >= 15 is 0 Å². The molecule has 0 radical (unpaired) electrons. The van der Waals surface area contributed by atoms with E-state index in [1.165, 1.54) is 0 Å². The third kappa shape index (κ3) is 5.15. The van der Waals surface area contributed by atoms with E-state index in [9.17, 15) is 0 Å². The summed E-state index contributed by atoms with van der Waals surface area (Å²) in [4.78, 5) is 4.27. The fourth-order valence-corrected chi connectivity index (χ4v) is 1.37. The first-order valence-corrected chi connectivity index (χ1v) is 6.20. The second kappa shape index (κ2) is 8.03. The minimum Gasteiger partial charge on any atom is -0.490 e. The molecular weight excluding hydrogens is 216 g/mol. The predicted molar refractivity (Wildman–Crippen MR) is 68.1 cm³/mol. The van der Waals surface area contributed by atoms with Crippen molar-refractivity contribution in [2.24, 2.45) is 5.73 Å². The minimum atomic E-state index is 0.0111. The van der Waals surface area contributed by atoms with E-state index in [0.29, 0.717) is 13.2 Å². The molecule has 0 fully saturated rings. The van der Waals surface area contributed by atoms with Crippen molar-refractivity contribution in [2.45, 2.75) is 32.7 Å². The summed E-state index contributed by atoms with van der Waals surface area (Å²) in [5.41, 5.74) is 6.78. The first-order valence-electron chi connectivity index (χ1n) is 6.20. The van der Waals surface area contributed by atoms with Crippen molar-refractivity contribution in [3.63, 3.8) is 0 Å². The Morgan fingerprint density at radius 2 is 2.06 bits per heavy atom. The van der Waals surface area contributed by atoms with E-state index in [4.69, 9.17) is 15.2 Å². The van der Waals surface area contributed by atoms with Gasteiger partial charge in [0.2, 0.25) is 0 Å². The van der Waals surface area contributed by atoms with Gasteiger partial charge in [-0.15, -0.1) is 0 Å². The van der Waals surface area contributed by atoms with E-state index < -0.39 is 0 Å². The number of ether oxygens (including phenoxy) is 2. The third-order valence-corrected chi connectivity index (χ3v) is 2.42. The molecule has 2 N–H and O–H groups in total. The van der Waals surface area contributed by atoms with Crippen molar-refractivity contribution in [3.8, 4) is 5.75 Å². The molecule has 1 heterocycles. The highest BCUT2D eigenvalue weighted by molar-refractivity contribution is 5.21. The van der Waals surface area contributed by atoms with Crippen LogP contribution >= 0.6 is 0 Å². The zero-order valence-electron chi connectivity index (χ0n) is 10.7. The van der Waals surface area contributed by atoms with Crippen LogP contribution in [0.1, 0.15) is 38.4 Å². The third-order valence-electron chi connectivity index (χ3n) is 2.42. The lowest BCUT2D eigenvalue weighted by molar-refractivity contribution is 0.100. The maximum atomic E-state index is 5.88. The molecule has 0 bridgehead atoms. The molecular formula is C13H22N2O2. The molecule has 4 nitrogen and oxygen atoms in total. The van der Waals surface area contributed by atoms with E-state index in [1.807, 2.05) is 19.1 Å². The first-order chi connectivity index (χ1) is 8.27. The summed E-state index contributed by atoms with van der Waals surface area (Å²) in [5, 5.41) is 0. The summed E-state index contributed by atoms with van der Waals surface area (Å²) < 4.78 is 10.8. The summed E-state index contributed by atoms with van der Waals surface area (Å²) in [7, 11) is 0. The van der Waals surface area contributed by atoms with E-state index in [2.05, 4.69) is 11.9 Å². The van der Waals surface area contributed by atoms with Gasteiger partial charge in [0.1, 0.15) is 12.4 Å². The van der Waals surface area contributed by atoms with Crippen LogP contribution in [0.4, 0.5) is 0 Å². The smallest absolute Gasteiger partial charge is 0.137 e. The highest BCUT2D eigenvalue weighted by Gasteiger charge is 2.04. The Hall–Kier alpha value is -1.13. The standard InChI is InChI=1S/C13H22N2O2/c1-3-7-16-8-9-17-11-5-6-13(15-10-11)12(14)4-2/h5-6,10,12H,3-4,7-9,14H2,1-2H3. The van der Waals surface area contributed by atoms with Crippen LogP contribution in [0.25, 0.3) is 0 Å². The van der Waals surface area contributed by atoms with Gasteiger partial charge < -0.3 is 15.2 Å². The molecule has 17 heavy (non-hydrogen) atoms. The lowest BCUT2D eigenvalue weighted by Crippen LogP contribution is -2.11. The second-order valence-corrected chi connectivity index (χ2v) is 3.89. The largest absolute Gasteiger partial charge is 0.490 e. The van der Waals surface area contributed by atoms with Gasteiger partial charge >= 0.3 is 0 Å². The van der Waals surface area contributed by atoms with Gasteiger partial charge in [0, 0.05) is 12.6 Å². The van der Waals surface area contributed by atoms with E-state index in [1.54, 1.807) is 6.20 Å². The van der Waals surface area contributed by atoms with Crippen LogP contribution in [0.15, 0.2) is 18.3 Å². The Bertz CT molecular complexity index is 301. The van der Waals surface area contributed by atoms with Gasteiger partial charge in [0.05, 0.1) is 18.5 Å². The first kappa shape index (κ1) is 13.9. The SMILES string of the molecule is CCCOCCOc1ccc(C(N)CC)nc1. The molecule has 96 valence electrons. The Morgan fingerprint density at radius 3 is 2.65 bits per heavy atom. The maximum Gasteiger partial charge on any atom is 0.137 e. The molecule has 1 aromatic heterocycles. The summed E-state index contributed by atoms with van der Waals surface area (Å²) in [6, 6.07) is 3.82. The Kier molecular flexibility index (Phi) is 6.58. The summed E-state index contributed by atoms with van der Waals surface area (Å²) in [5.74, 6) is 0.761. The Balaban J connectivity index is 2.30. The average Bonchev–Trinajstić information content (AvgIpc) is 2.38. The van der Waals surface area contributed by atoms with Gasteiger partial charge in [-0.05, 0) is 25.0 Å². The van der Waals surface area contributed by atoms with Crippen LogP contribution in [0, 0.1) is 0 Å². The number of aromatic nitrogens is 1. The van der Waals surface area contributed by atoms with Gasteiger partial charge in [-0.25, -0.2) is 0 Å². The Labute approximate surface area is 103 Å². The number of rotatable bonds is 8. The zero-order chi connectivity index (χ0) is 12.5. The highest BCUT2D eigenvalue weighted by atomic mass is 16.5. The minimum absolute atomic E-state index is 0.0111. The van der Waals surface area contributed by atoms with Crippen LogP contribution in [0.3, 0.4) is 0 Å². The molecule has 0 aromatic carbocycles. The molecule has 1 rings (SSSR count). The fourth-order valence-electron chi connectivity index (χ4n) is 1.37. The van der Waals surface area contributed by atoms with Crippen molar-refractivity contribution in [2.75, 3.05) is 19.8 Å². The molecule has 1 unspecified atom stereocenters. The molecule has 4 heteroatoms. The number of hydrogen-bond acceptors (Lipinski definition) is 4. The summed E-state index contributed by atoms with van der Waals surface area (Å²) in [6.45, 7) is 6.08. The molecule has 0 saturated heterocycles. The van der Waals surface area contributed by atoms with Crippen LogP contribution in [-0.4, -0.2) is 24.8 Å². The van der Waals surface area contributed by atoms with E-state index in [0.717, 1.165) is 30.9 Å². The lowest BCUT2D eigenvalue weighted by Gasteiger charge is -2.10. The number of hydrogen-bond donors (Lipinski definition) is 1. The van der Waals surface area contributed by atoms with Crippen molar-refractivity contribution in [1.29, 1.82) is 0 Å². The fraction of sp³-hybridized carbons (Fsp3) is 0.615. The monoisotopic (exact) mass is 238 g/mol. The Morgan fingerprint density at radius 1 is 1.24 bits per heavy atom. The number of nitrogens with zero attached hydrogens (tertiary/aromatic N) is 1. The molecule has 0 aliphatic carbocycles. The van der Waals surface area contributed by atoms with E-state index in [-0.39, 0.29) is 6.04 Å². The van der Waals surface area contributed by atoms with Crippen molar-refractivity contribution >= 4 is 0 Å². The van der Waals surface area contributed by atoms with Gasteiger partial charge in [0.15, 0.2) is 0 Å². The molecule has 0 saturated carbocycles. The molecule has 0 amide bonds. The molecule has 0 spiro atoms. The van der Waals surface area contributed by atoms with Crippen LogP contribution in [0.2, 0.25) is 0 Å². The number of nitrogens with two attached hydrogens (primary N) is 1. The van der Waals surface area contributed by atoms with Gasteiger partial charge in [-0.2, -0.15) is 0 Å². The normalized spacial score (nSPS) is 12.4. The van der Waals surface area contributed by atoms with Crippen molar-refractivity contribution < 1.29 is 9.47 Å². The maximum absolute atomic E-state index is 5.88. The van der Waals surface area contributed by atoms with Crippen LogP contribution in [-0.2, 0) is 4.74 Å². The molecule has 0 aliphatic heterocycles. The van der Waals surface area contributed by atoms with Crippen molar-refractivity contribution in [1.82, 2.24) is 4.98 Å². The average molecular weight is 238 g/mol. The molecule has 1 atom stereocenters. The summed E-state index contributed by atoms with van der Waals surface area (Å²) >= 11 is 0. The summed E-state index contributed by atoms with van der Waals surface area (Å²) in [6.07, 6.45) is 3.63. The van der Waals surface area contributed by atoms with Crippen molar-refractivity contribution in [3.05, 3.63) is 24.0 Å². The number of pyridine rings is 1. The predicted octanol–water partition coefficient (Wildman–Crippen LogP) is 2.30. The second-order valence-electron chi connectivity index (χ2n) is 3.89. The zero-order valence-corrected chi connectivity index (χ0v) is 10.7. The topological polar surface area (TPSA) is 57.4 Å².